The van der Waals surface area contributed by atoms with E-state index in [4.69, 9.17) is 0 Å². The number of rotatable bonds is 9. The Hall–Kier alpha value is -3.76. The molecule has 0 aliphatic heterocycles. The van der Waals surface area contributed by atoms with Gasteiger partial charge in [-0.2, -0.15) is 13.2 Å². The van der Waals surface area contributed by atoms with Crippen molar-refractivity contribution in [2.45, 2.75) is 28.6 Å². The van der Waals surface area contributed by atoms with E-state index < -0.39 is 34.2 Å². The molecule has 0 saturated heterocycles. The lowest BCUT2D eigenvalue weighted by atomic mass is 10.1. The van der Waals surface area contributed by atoms with Gasteiger partial charge in [0.2, 0.25) is 5.91 Å². The molecule has 5 nitrogen and oxygen atoms in total. The summed E-state index contributed by atoms with van der Waals surface area (Å²) in [5.41, 5.74) is 1.000. The number of alkyl halides is 3. The van der Waals surface area contributed by atoms with Crippen LogP contribution in [0.5, 0.6) is 0 Å². The van der Waals surface area contributed by atoms with Gasteiger partial charge in [0, 0.05) is 16.3 Å². The van der Waals surface area contributed by atoms with E-state index >= 15 is 0 Å². The number of carbonyl (C=O) groups is 1. The quantitative estimate of drug-likeness (QED) is 0.217. The van der Waals surface area contributed by atoms with Gasteiger partial charge in [-0.25, -0.2) is 8.42 Å². The maximum atomic E-state index is 13.4. The first-order valence-corrected chi connectivity index (χ1v) is 14.3. The van der Waals surface area contributed by atoms with Gasteiger partial charge >= 0.3 is 6.18 Å². The molecule has 0 fully saturated rings. The van der Waals surface area contributed by atoms with E-state index in [0.29, 0.717) is 9.99 Å². The lowest BCUT2D eigenvalue weighted by Crippen LogP contribution is -2.38. The molecule has 0 aromatic heterocycles. The summed E-state index contributed by atoms with van der Waals surface area (Å²) < 4.78 is 67.7. The zero-order valence-corrected chi connectivity index (χ0v) is 22.5. The third-order valence-electron chi connectivity index (χ3n) is 5.79. The molecule has 10 heteroatoms. The Balaban J connectivity index is 1.56. The minimum absolute atomic E-state index is 0.147. The lowest BCUT2D eigenvalue weighted by molar-refractivity contribution is -0.137. The van der Waals surface area contributed by atoms with Gasteiger partial charge in [0.15, 0.2) is 0 Å². The van der Waals surface area contributed by atoms with Gasteiger partial charge in [-0.3, -0.25) is 9.10 Å². The molecule has 4 aromatic carbocycles. The van der Waals surface area contributed by atoms with E-state index in [-0.39, 0.29) is 10.6 Å². The number of sulfonamides is 1. The Labute approximate surface area is 229 Å². The molecule has 4 aromatic rings. The van der Waals surface area contributed by atoms with Crippen molar-refractivity contribution in [2.24, 2.45) is 0 Å². The molecule has 1 amide bonds. The molecule has 0 aliphatic rings. The van der Waals surface area contributed by atoms with Crippen LogP contribution in [-0.2, 0) is 26.7 Å². The standard InChI is InChI=1S/C29H25F3N2O3S2/c1-21-17-22(20-38-25-11-4-2-5-12-25)15-16-27(21)33-28(35)19-34(39(36,37)26-13-6-3-7-14-26)24-10-8-9-23(18-24)29(30,31)32/h2-18H,19-20H2,1H3,(H,33,35). The fourth-order valence-electron chi connectivity index (χ4n) is 3.83. The number of carbonyl (C=O) groups excluding carboxylic acids is 1. The lowest BCUT2D eigenvalue weighted by Gasteiger charge is -2.25. The highest BCUT2D eigenvalue weighted by Gasteiger charge is 2.33. The third-order valence-corrected chi connectivity index (χ3v) is 8.66. The molecule has 4 rings (SSSR count). The number of nitrogens with zero attached hydrogens (tertiary/aromatic N) is 1. The summed E-state index contributed by atoms with van der Waals surface area (Å²) >= 11 is 1.67. The Morgan fingerprint density at radius 1 is 0.872 bits per heavy atom. The molecule has 0 saturated carbocycles. The zero-order chi connectivity index (χ0) is 28.0. The molecule has 39 heavy (non-hydrogen) atoms. The first-order valence-electron chi connectivity index (χ1n) is 11.9. The van der Waals surface area contributed by atoms with Crippen molar-refractivity contribution >= 4 is 39.1 Å². The van der Waals surface area contributed by atoms with Gasteiger partial charge in [0.05, 0.1) is 16.1 Å². The fourth-order valence-corrected chi connectivity index (χ4v) is 6.13. The molecular formula is C29H25F3N2O3S2. The molecule has 202 valence electrons. The van der Waals surface area contributed by atoms with Crippen LogP contribution in [0.2, 0.25) is 0 Å². The largest absolute Gasteiger partial charge is 0.416 e. The number of hydrogen-bond donors (Lipinski definition) is 1. The summed E-state index contributed by atoms with van der Waals surface area (Å²) in [7, 11) is -4.35. The van der Waals surface area contributed by atoms with Gasteiger partial charge in [-0.15, -0.1) is 11.8 Å². The number of benzene rings is 4. The summed E-state index contributed by atoms with van der Waals surface area (Å²) in [6.45, 7) is 1.10. The second-order valence-electron chi connectivity index (χ2n) is 8.67. The summed E-state index contributed by atoms with van der Waals surface area (Å²) in [5.74, 6) is 0.0268. The van der Waals surface area contributed by atoms with Crippen molar-refractivity contribution in [3.63, 3.8) is 0 Å². The first kappa shape index (κ1) is 28.3. The Morgan fingerprint density at radius 2 is 1.54 bits per heavy atom. The molecule has 0 bridgehead atoms. The molecule has 0 aliphatic carbocycles. The molecular weight excluding hydrogens is 545 g/mol. The monoisotopic (exact) mass is 570 g/mol. The van der Waals surface area contributed by atoms with Crippen LogP contribution in [0.3, 0.4) is 0 Å². The van der Waals surface area contributed by atoms with Gasteiger partial charge in [-0.05, 0) is 66.6 Å². The van der Waals surface area contributed by atoms with Crippen LogP contribution in [-0.4, -0.2) is 20.9 Å². The smallest absolute Gasteiger partial charge is 0.324 e. The number of halogens is 3. The fraction of sp³-hybridized carbons (Fsp3) is 0.138. The number of hydrogen-bond acceptors (Lipinski definition) is 4. The van der Waals surface area contributed by atoms with Gasteiger partial charge in [-0.1, -0.05) is 54.6 Å². The van der Waals surface area contributed by atoms with Gasteiger partial charge in [0.1, 0.15) is 6.54 Å². The summed E-state index contributed by atoms with van der Waals surface area (Å²) in [5, 5.41) is 2.71. The Kier molecular flexibility index (Phi) is 8.66. The van der Waals surface area contributed by atoms with Crippen LogP contribution in [0.15, 0.2) is 113 Å². The normalized spacial score (nSPS) is 11.7. The minimum Gasteiger partial charge on any atom is -0.324 e. The average Bonchev–Trinajstić information content (AvgIpc) is 2.92. The first-order chi connectivity index (χ1) is 18.5. The van der Waals surface area contributed by atoms with Crippen LogP contribution in [0.1, 0.15) is 16.7 Å². The molecule has 0 heterocycles. The van der Waals surface area contributed by atoms with Crippen molar-refractivity contribution in [3.8, 4) is 0 Å². The van der Waals surface area contributed by atoms with E-state index in [2.05, 4.69) is 5.32 Å². The van der Waals surface area contributed by atoms with Crippen molar-refractivity contribution in [3.05, 3.63) is 120 Å². The maximum Gasteiger partial charge on any atom is 0.416 e. The Bertz CT molecular complexity index is 1550. The molecule has 1 N–H and O–H groups in total. The second-order valence-corrected chi connectivity index (χ2v) is 11.6. The second kappa shape index (κ2) is 12.0. The van der Waals surface area contributed by atoms with E-state index in [1.54, 1.807) is 23.9 Å². The topological polar surface area (TPSA) is 66.5 Å². The predicted molar refractivity (Wildman–Crippen MR) is 148 cm³/mol. The number of aryl methyl sites for hydroxylation is 1. The zero-order valence-electron chi connectivity index (χ0n) is 20.9. The van der Waals surface area contributed by atoms with E-state index in [1.165, 1.54) is 30.3 Å². The molecule has 0 atom stereocenters. The van der Waals surface area contributed by atoms with Crippen molar-refractivity contribution < 1.29 is 26.4 Å². The van der Waals surface area contributed by atoms with Crippen molar-refractivity contribution in [1.82, 2.24) is 0 Å². The number of anilines is 2. The summed E-state index contributed by atoms with van der Waals surface area (Å²) in [4.78, 5) is 14.0. The number of amides is 1. The summed E-state index contributed by atoms with van der Waals surface area (Å²) in [6, 6.07) is 26.6. The van der Waals surface area contributed by atoms with Crippen LogP contribution >= 0.6 is 11.8 Å². The number of thioether (sulfide) groups is 1. The average molecular weight is 571 g/mol. The minimum atomic E-state index is -4.68. The van der Waals surface area contributed by atoms with Crippen LogP contribution < -0.4 is 9.62 Å². The van der Waals surface area contributed by atoms with E-state index in [9.17, 15) is 26.4 Å². The van der Waals surface area contributed by atoms with Crippen LogP contribution in [0, 0.1) is 6.92 Å². The highest BCUT2D eigenvalue weighted by Crippen LogP contribution is 2.33. The van der Waals surface area contributed by atoms with Crippen molar-refractivity contribution in [2.75, 3.05) is 16.2 Å². The molecule has 0 unspecified atom stereocenters. The molecule has 0 radical (unpaired) electrons. The third kappa shape index (κ3) is 7.21. The Morgan fingerprint density at radius 3 is 2.18 bits per heavy atom. The van der Waals surface area contributed by atoms with E-state index in [1.807, 2.05) is 49.4 Å². The number of nitrogens with one attached hydrogen (secondary N) is 1. The highest BCUT2D eigenvalue weighted by molar-refractivity contribution is 7.98. The van der Waals surface area contributed by atoms with E-state index in [0.717, 1.165) is 40.0 Å². The van der Waals surface area contributed by atoms with Crippen LogP contribution in [0.25, 0.3) is 0 Å². The van der Waals surface area contributed by atoms with Gasteiger partial charge in [0.25, 0.3) is 10.0 Å². The highest BCUT2D eigenvalue weighted by atomic mass is 32.2. The maximum absolute atomic E-state index is 13.4. The summed E-state index contributed by atoms with van der Waals surface area (Å²) in [6.07, 6.45) is -4.68. The van der Waals surface area contributed by atoms with Crippen LogP contribution in [0.4, 0.5) is 24.5 Å². The van der Waals surface area contributed by atoms with Gasteiger partial charge < -0.3 is 5.32 Å². The molecule has 0 spiro atoms. The SMILES string of the molecule is Cc1cc(CSc2ccccc2)ccc1NC(=O)CN(c1cccc(C(F)(F)F)c1)S(=O)(=O)c1ccccc1. The van der Waals surface area contributed by atoms with Crippen molar-refractivity contribution in [1.29, 1.82) is 0 Å². The predicted octanol–water partition coefficient (Wildman–Crippen LogP) is 7.14.